The monoisotopic (exact) mass is 494 g/mol. The van der Waals surface area contributed by atoms with E-state index in [2.05, 4.69) is 26.9 Å². The zero-order valence-electron chi connectivity index (χ0n) is 17.4. The largest absolute Gasteiger partial charge is 0.489 e. The summed E-state index contributed by atoms with van der Waals surface area (Å²) in [5, 5.41) is 11.6. The SMILES string of the molecule is CC(=O)N(C)CC1(O)CCN(Cc2cc(Br)ccc2OCc2ccc(Cl)cc2)CC1. The molecule has 0 atom stereocenters. The fourth-order valence-electron chi connectivity index (χ4n) is 3.63. The number of ether oxygens (including phenoxy) is 1. The summed E-state index contributed by atoms with van der Waals surface area (Å²) in [6.07, 6.45) is 1.28. The van der Waals surface area contributed by atoms with Crippen molar-refractivity contribution >= 4 is 33.4 Å². The van der Waals surface area contributed by atoms with Gasteiger partial charge in [-0.1, -0.05) is 39.7 Å². The molecule has 162 valence electrons. The smallest absolute Gasteiger partial charge is 0.219 e. The van der Waals surface area contributed by atoms with E-state index in [1.54, 1.807) is 11.9 Å². The summed E-state index contributed by atoms with van der Waals surface area (Å²) < 4.78 is 7.10. The van der Waals surface area contributed by atoms with Gasteiger partial charge in [-0.25, -0.2) is 0 Å². The summed E-state index contributed by atoms with van der Waals surface area (Å²) in [7, 11) is 1.73. The number of halogens is 2. The highest BCUT2D eigenvalue weighted by atomic mass is 79.9. The lowest BCUT2D eigenvalue weighted by molar-refractivity contribution is -0.132. The molecule has 0 spiro atoms. The van der Waals surface area contributed by atoms with Crippen LogP contribution < -0.4 is 4.74 Å². The van der Waals surface area contributed by atoms with Gasteiger partial charge in [0.2, 0.25) is 5.91 Å². The predicted octanol–water partition coefficient (Wildman–Crippen LogP) is 4.49. The number of likely N-dealkylation sites (tertiary alicyclic amines) is 1. The van der Waals surface area contributed by atoms with Gasteiger partial charge in [-0.3, -0.25) is 9.69 Å². The standard InChI is InChI=1S/C23H28BrClN2O3/c1-17(28)26(2)16-23(29)9-11-27(12-10-23)14-19-13-20(24)5-8-22(19)30-15-18-3-6-21(25)7-4-18/h3-8,13,29H,9-12,14-16H2,1-2H3. The molecule has 1 saturated heterocycles. The van der Waals surface area contributed by atoms with E-state index in [4.69, 9.17) is 16.3 Å². The van der Waals surface area contributed by atoms with Gasteiger partial charge in [0, 0.05) is 55.2 Å². The first kappa shape index (κ1) is 23.1. The number of rotatable bonds is 7. The van der Waals surface area contributed by atoms with Crippen LogP contribution in [-0.4, -0.2) is 53.1 Å². The van der Waals surface area contributed by atoms with Crippen LogP contribution in [0.4, 0.5) is 0 Å². The molecule has 1 N–H and O–H groups in total. The van der Waals surface area contributed by atoms with Gasteiger partial charge < -0.3 is 14.7 Å². The van der Waals surface area contributed by atoms with Gasteiger partial charge in [-0.2, -0.15) is 0 Å². The summed E-state index contributed by atoms with van der Waals surface area (Å²) in [6, 6.07) is 13.7. The van der Waals surface area contributed by atoms with Crippen LogP contribution in [0.25, 0.3) is 0 Å². The molecule has 1 fully saturated rings. The topological polar surface area (TPSA) is 53.0 Å². The molecule has 1 aliphatic heterocycles. The molecule has 0 aromatic heterocycles. The highest BCUT2D eigenvalue weighted by Gasteiger charge is 2.34. The summed E-state index contributed by atoms with van der Waals surface area (Å²) in [5.74, 6) is 0.827. The van der Waals surface area contributed by atoms with Crippen LogP contribution in [-0.2, 0) is 17.9 Å². The Morgan fingerprint density at radius 1 is 1.23 bits per heavy atom. The van der Waals surface area contributed by atoms with Crippen LogP contribution in [0.1, 0.15) is 30.9 Å². The molecule has 0 aliphatic carbocycles. The Bertz CT molecular complexity index is 867. The number of hydrogen-bond donors (Lipinski definition) is 1. The van der Waals surface area contributed by atoms with Crippen LogP contribution in [0.2, 0.25) is 5.02 Å². The zero-order valence-corrected chi connectivity index (χ0v) is 19.7. The van der Waals surface area contributed by atoms with E-state index in [0.717, 1.165) is 41.0 Å². The van der Waals surface area contributed by atoms with Gasteiger partial charge in [0.1, 0.15) is 12.4 Å². The van der Waals surface area contributed by atoms with Crippen molar-refractivity contribution in [1.82, 2.24) is 9.80 Å². The lowest BCUT2D eigenvalue weighted by Gasteiger charge is -2.40. The average molecular weight is 496 g/mol. The highest BCUT2D eigenvalue weighted by molar-refractivity contribution is 9.10. The summed E-state index contributed by atoms with van der Waals surface area (Å²) in [6.45, 7) is 4.66. The molecular formula is C23H28BrClN2O3. The van der Waals surface area contributed by atoms with Crippen LogP contribution in [0, 0.1) is 0 Å². The van der Waals surface area contributed by atoms with Gasteiger partial charge in [-0.15, -0.1) is 0 Å². The number of amides is 1. The molecule has 2 aromatic rings. The van der Waals surface area contributed by atoms with E-state index in [1.165, 1.54) is 6.92 Å². The van der Waals surface area contributed by atoms with E-state index in [9.17, 15) is 9.90 Å². The fourth-order valence-corrected chi connectivity index (χ4v) is 4.17. The van der Waals surface area contributed by atoms with Crippen LogP contribution in [0.5, 0.6) is 5.75 Å². The Morgan fingerprint density at radius 3 is 2.53 bits per heavy atom. The molecule has 3 rings (SSSR count). The summed E-state index contributed by atoms with van der Waals surface area (Å²) >= 11 is 9.51. The summed E-state index contributed by atoms with van der Waals surface area (Å²) in [5.41, 5.74) is 1.35. The quantitative estimate of drug-likeness (QED) is 0.615. The number of likely N-dealkylation sites (N-methyl/N-ethyl adjacent to an activating group) is 1. The third kappa shape index (κ3) is 6.45. The number of nitrogens with zero attached hydrogens (tertiary/aromatic N) is 2. The minimum atomic E-state index is -0.817. The van der Waals surface area contributed by atoms with Crippen molar-refractivity contribution in [3.63, 3.8) is 0 Å². The van der Waals surface area contributed by atoms with Crippen molar-refractivity contribution in [3.8, 4) is 5.75 Å². The molecule has 1 heterocycles. The van der Waals surface area contributed by atoms with Crippen molar-refractivity contribution in [2.75, 3.05) is 26.7 Å². The van der Waals surface area contributed by atoms with E-state index in [1.807, 2.05) is 36.4 Å². The first-order chi connectivity index (χ1) is 14.2. The molecule has 1 amide bonds. The van der Waals surface area contributed by atoms with E-state index in [0.29, 0.717) is 31.0 Å². The Morgan fingerprint density at radius 2 is 1.90 bits per heavy atom. The van der Waals surface area contributed by atoms with Crippen molar-refractivity contribution in [2.24, 2.45) is 0 Å². The van der Waals surface area contributed by atoms with Gasteiger partial charge in [0.05, 0.1) is 5.60 Å². The normalized spacial score (nSPS) is 16.3. The molecule has 7 heteroatoms. The van der Waals surface area contributed by atoms with Crippen molar-refractivity contribution in [3.05, 3.63) is 63.1 Å². The second-order valence-electron chi connectivity index (χ2n) is 8.04. The number of benzene rings is 2. The maximum atomic E-state index is 11.5. The molecule has 0 radical (unpaired) electrons. The van der Waals surface area contributed by atoms with Gasteiger partial charge >= 0.3 is 0 Å². The Hall–Kier alpha value is -1.60. The lowest BCUT2D eigenvalue weighted by Crippen LogP contribution is -2.50. The van der Waals surface area contributed by atoms with Crippen LogP contribution in [0.3, 0.4) is 0 Å². The minimum Gasteiger partial charge on any atom is -0.489 e. The highest BCUT2D eigenvalue weighted by Crippen LogP contribution is 2.29. The third-order valence-corrected chi connectivity index (χ3v) is 6.33. The number of aliphatic hydroxyl groups is 1. The van der Waals surface area contributed by atoms with Crippen LogP contribution >= 0.6 is 27.5 Å². The number of hydrogen-bond acceptors (Lipinski definition) is 4. The Labute approximate surface area is 191 Å². The maximum absolute atomic E-state index is 11.5. The zero-order chi connectivity index (χ0) is 21.7. The van der Waals surface area contributed by atoms with E-state index < -0.39 is 5.60 Å². The van der Waals surface area contributed by atoms with Crippen molar-refractivity contribution < 1.29 is 14.6 Å². The predicted molar refractivity (Wildman–Crippen MR) is 123 cm³/mol. The average Bonchev–Trinajstić information content (AvgIpc) is 2.70. The van der Waals surface area contributed by atoms with E-state index in [-0.39, 0.29) is 5.91 Å². The summed E-state index contributed by atoms with van der Waals surface area (Å²) in [4.78, 5) is 15.4. The molecule has 0 saturated carbocycles. The fraction of sp³-hybridized carbons (Fsp3) is 0.435. The van der Waals surface area contributed by atoms with Gasteiger partial charge in [-0.05, 0) is 48.7 Å². The Balaban J connectivity index is 1.60. The number of piperidine rings is 1. The lowest BCUT2D eigenvalue weighted by atomic mass is 9.90. The minimum absolute atomic E-state index is 0.0255. The van der Waals surface area contributed by atoms with Crippen molar-refractivity contribution in [1.29, 1.82) is 0 Å². The van der Waals surface area contributed by atoms with Gasteiger partial charge in [0.25, 0.3) is 0 Å². The third-order valence-electron chi connectivity index (χ3n) is 5.58. The number of carbonyl (C=O) groups is 1. The molecule has 30 heavy (non-hydrogen) atoms. The van der Waals surface area contributed by atoms with E-state index >= 15 is 0 Å². The molecule has 1 aliphatic rings. The molecular weight excluding hydrogens is 468 g/mol. The number of carbonyl (C=O) groups excluding carboxylic acids is 1. The molecule has 0 unspecified atom stereocenters. The molecule has 2 aromatic carbocycles. The maximum Gasteiger partial charge on any atom is 0.219 e. The second-order valence-corrected chi connectivity index (χ2v) is 9.39. The first-order valence-electron chi connectivity index (χ1n) is 10.1. The first-order valence-corrected chi connectivity index (χ1v) is 11.2. The Kier molecular flexibility index (Phi) is 7.80. The molecule has 5 nitrogen and oxygen atoms in total. The van der Waals surface area contributed by atoms with Crippen molar-refractivity contribution in [2.45, 2.75) is 38.5 Å². The second kappa shape index (κ2) is 10.1. The molecule has 0 bridgehead atoms. The van der Waals surface area contributed by atoms with Gasteiger partial charge in [0.15, 0.2) is 0 Å². The van der Waals surface area contributed by atoms with Crippen LogP contribution in [0.15, 0.2) is 46.9 Å².